The van der Waals surface area contributed by atoms with Crippen molar-refractivity contribution in [1.82, 2.24) is 10.2 Å². The first-order chi connectivity index (χ1) is 9.99. The van der Waals surface area contributed by atoms with Crippen LogP contribution in [0.1, 0.15) is 10.4 Å². The van der Waals surface area contributed by atoms with Crippen LogP contribution in [0.5, 0.6) is 5.75 Å². The molecule has 0 spiro atoms. The Bertz CT molecular complexity index is 539. The molecule has 0 saturated carbocycles. The Morgan fingerprint density at radius 2 is 2.19 bits per heavy atom. The SMILES string of the molecule is NC(=O)C1CNCCN1C(=O)c1cccc(OC(F)F)c1. The number of nitrogens with zero attached hydrogens (tertiary/aromatic N) is 1. The Labute approximate surface area is 119 Å². The number of alkyl halides is 2. The summed E-state index contributed by atoms with van der Waals surface area (Å²) in [5.41, 5.74) is 5.44. The molecule has 1 aliphatic heterocycles. The van der Waals surface area contributed by atoms with Crippen molar-refractivity contribution in [2.45, 2.75) is 12.7 Å². The quantitative estimate of drug-likeness (QED) is 0.831. The summed E-state index contributed by atoms with van der Waals surface area (Å²) in [4.78, 5) is 25.1. The van der Waals surface area contributed by atoms with Gasteiger partial charge in [-0.3, -0.25) is 9.59 Å². The van der Waals surface area contributed by atoms with E-state index in [9.17, 15) is 18.4 Å². The lowest BCUT2D eigenvalue weighted by Gasteiger charge is -2.34. The number of nitrogens with one attached hydrogen (secondary N) is 1. The molecule has 6 nitrogen and oxygen atoms in total. The van der Waals surface area contributed by atoms with E-state index in [1.54, 1.807) is 0 Å². The Morgan fingerprint density at radius 3 is 2.86 bits per heavy atom. The Morgan fingerprint density at radius 1 is 1.43 bits per heavy atom. The highest BCUT2D eigenvalue weighted by Gasteiger charge is 2.31. The number of benzene rings is 1. The van der Waals surface area contributed by atoms with Crippen LogP contribution in [0.15, 0.2) is 24.3 Å². The fourth-order valence-corrected chi connectivity index (χ4v) is 2.17. The minimum atomic E-state index is -2.96. The maximum absolute atomic E-state index is 12.4. The molecule has 1 heterocycles. The monoisotopic (exact) mass is 299 g/mol. The summed E-state index contributed by atoms with van der Waals surface area (Å²) in [7, 11) is 0. The van der Waals surface area contributed by atoms with E-state index in [2.05, 4.69) is 10.1 Å². The van der Waals surface area contributed by atoms with E-state index >= 15 is 0 Å². The summed E-state index contributed by atoms with van der Waals surface area (Å²) in [6.07, 6.45) is 0. The zero-order valence-electron chi connectivity index (χ0n) is 11.1. The highest BCUT2D eigenvalue weighted by Crippen LogP contribution is 2.18. The van der Waals surface area contributed by atoms with Gasteiger partial charge in [-0.1, -0.05) is 6.07 Å². The van der Waals surface area contributed by atoms with Gasteiger partial charge < -0.3 is 20.7 Å². The molecule has 3 N–H and O–H groups in total. The van der Waals surface area contributed by atoms with Gasteiger partial charge >= 0.3 is 6.61 Å². The number of piperazine rings is 1. The van der Waals surface area contributed by atoms with Crippen molar-refractivity contribution < 1.29 is 23.1 Å². The Kier molecular flexibility index (Phi) is 4.69. The number of halogens is 2. The molecule has 1 aromatic rings. The summed E-state index contributed by atoms with van der Waals surface area (Å²) >= 11 is 0. The zero-order valence-corrected chi connectivity index (χ0v) is 11.1. The predicted octanol–water partition coefficient (Wildman–Crippen LogP) is 0.187. The number of primary amides is 1. The van der Waals surface area contributed by atoms with Gasteiger partial charge in [0.1, 0.15) is 11.8 Å². The zero-order chi connectivity index (χ0) is 15.4. The number of nitrogens with two attached hydrogens (primary N) is 1. The van der Waals surface area contributed by atoms with Gasteiger partial charge in [0.2, 0.25) is 5.91 Å². The normalized spacial score (nSPS) is 18.6. The van der Waals surface area contributed by atoms with Crippen LogP contribution in [0.25, 0.3) is 0 Å². The van der Waals surface area contributed by atoms with E-state index in [0.29, 0.717) is 13.1 Å². The maximum Gasteiger partial charge on any atom is 0.387 e. The maximum atomic E-state index is 12.4. The minimum absolute atomic E-state index is 0.110. The first-order valence-electron chi connectivity index (χ1n) is 6.35. The molecule has 114 valence electrons. The molecule has 0 aromatic heterocycles. The second kappa shape index (κ2) is 6.49. The molecule has 2 rings (SSSR count). The molecule has 21 heavy (non-hydrogen) atoms. The van der Waals surface area contributed by atoms with Crippen molar-refractivity contribution in [2.24, 2.45) is 5.73 Å². The molecule has 0 radical (unpaired) electrons. The number of carbonyl (C=O) groups excluding carboxylic acids is 2. The molecule has 8 heteroatoms. The topological polar surface area (TPSA) is 84.7 Å². The van der Waals surface area contributed by atoms with E-state index in [-0.39, 0.29) is 17.9 Å². The molecular weight excluding hydrogens is 284 g/mol. The van der Waals surface area contributed by atoms with E-state index in [1.165, 1.54) is 29.2 Å². The number of hydrogen-bond acceptors (Lipinski definition) is 4. The van der Waals surface area contributed by atoms with Gasteiger partial charge in [-0.15, -0.1) is 0 Å². The smallest absolute Gasteiger partial charge is 0.387 e. The van der Waals surface area contributed by atoms with E-state index in [1.807, 2.05) is 0 Å². The standard InChI is InChI=1S/C13H15F2N3O3/c14-13(15)21-9-3-1-2-8(6-9)12(20)18-5-4-17-7-10(18)11(16)19/h1-3,6,10,13,17H,4-5,7H2,(H2,16,19). The average molecular weight is 299 g/mol. The summed E-state index contributed by atoms with van der Waals surface area (Å²) in [5.74, 6) is -1.17. The number of hydrogen-bond donors (Lipinski definition) is 2. The van der Waals surface area contributed by atoms with Crippen molar-refractivity contribution in [3.8, 4) is 5.75 Å². The fraction of sp³-hybridized carbons (Fsp3) is 0.385. The van der Waals surface area contributed by atoms with Gasteiger partial charge in [0, 0.05) is 25.2 Å². The fourth-order valence-electron chi connectivity index (χ4n) is 2.17. The van der Waals surface area contributed by atoms with Crippen molar-refractivity contribution in [3.63, 3.8) is 0 Å². The Hall–Kier alpha value is -2.22. The number of rotatable bonds is 4. The summed E-state index contributed by atoms with van der Waals surface area (Å²) in [5, 5.41) is 2.97. The van der Waals surface area contributed by atoms with Crippen LogP contribution in [-0.4, -0.2) is 49.0 Å². The van der Waals surface area contributed by atoms with Gasteiger partial charge in [0.05, 0.1) is 0 Å². The molecule has 2 amide bonds. The van der Waals surface area contributed by atoms with E-state index in [0.717, 1.165) is 0 Å². The van der Waals surface area contributed by atoms with Crippen LogP contribution in [0.3, 0.4) is 0 Å². The van der Waals surface area contributed by atoms with Crippen LogP contribution in [-0.2, 0) is 4.79 Å². The number of ether oxygens (including phenoxy) is 1. The van der Waals surface area contributed by atoms with Crippen molar-refractivity contribution in [3.05, 3.63) is 29.8 Å². The van der Waals surface area contributed by atoms with Gasteiger partial charge in [0.15, 0.2) is 0 Å². The van der Waals surface area contributed by atoms with Gasteiger partial charge in [-0.2, -0.15) is 8.78 Å². The molecule has 1 atom stereocenters. The predicted molar refractivity (Wildman–Crippen MR) is 70.0 cm³/mol. The minimum Gasteiger partial charge on any atom is -0.435 e. The molecule has 0 bridgehead atoms. The van der Waals surface area contributed by atoms with Gasteiger partial charge in [0.25, 0.3) is 5.91 Å². The lowest BCUT2D eigenvalue weighted by atomic mass is 10.1. The molecular formula is C13H15F2N3O3. The summed E-state index contributed by atoms with van der Waals surface area (Å²) in [6, 6.07) is 4.69. The third-order valence-corrected chi connectivity index (χ3v) is 3.14. The molecule has 1 aliphatic rings. The highest BCUT2D eigenvalue weighted by atomic mass is 19.3. The molecule has 1 aromatic carbocycles. The third-order valence-electron chi connectivity index (χ3n) is 3.14. The Balaban J connectivity index is 2.20. The van der Waals surface area contributed by atoms with Crippen LogP contribution < -0.4 is 15.8 Å². The lowest BCUT2D eigenvalue weighted by molar-refractivity contribution is -0.122. The van der Waals surface area contributed by atoms with Gasteiger partial charge in [-0.25, -0.2) is 0 Å². The van der Waals surface area contributed by atoms with Crippen LogP contribution >= 0.6 is 0 Å². The van der Waals surface area contributed by atoms with Crippen molar-refractivity contribution >= 4 is 11.8 Å². The lowest BCUT2D eigenvalue weighted by Crippen LogP contribution is -2.58. The average Bonchev–Trinajstić information content (AvgIpc) is 2.46. The van der Waals surface area contributed by atoms with Crippen LogP contribution in [0, 0.1) is 0 Å². The summed E-state index contributed by atoms with van der Waals surface area (Å²) < 4.78 is 28.6. The molecule has 1 fully saturated rings. The first kappa shape index (κ1) is 15.2. The van der Waals surface area contributed by atoms with Crippen molar-refractivity contribution in [1.29, 1.82) is 0 Å². The molecule has 1 unspecified atom stereocenters. The first-order valence-corrected chi connectivity index (χ1v) is 6.35. The van der Waals surface area contributed by atoms with Crippen LogP contribution in [0.2, 0.25) is 0 Å². The van der Waals surface area contributed by atoms with Crippen LogP contribution in [0.4, 0.5) is 8.78 Å². The second-order valence-corrected chi connectivity index (χ2v) is 4.53. The summed E-state index contributed by atoms with van der Waals surface area (Å²) in [6.45, 7) is -1.85. The molecule has 0 aliphatic carbocycles. The largest absolute Gasteiger partial charge is 0.435 e. The second-order valence-electron chi connectivity index (χ2n) is 4.53. The van der Waals surface area contributed by atoms with E-state index < -0.39 is 24.5 Å². The third kappa shape index (κ3) is 3.66. The highest BCUT2D eigenvalue weighted by molar-refractivity contribution is 5.97. The van der Waals surface area contributed by atoms with Crippen molar-refractivity contribution in [2.75, 3.05) is 19.6 Å². The van der Waals surface area contributed by atoms with Gasteiger partial charge in [-0.05, 0) is 18.2 Å². The van der Waals surface area contributed by atoms with E-state index in [4.69, 9.17) is 5.73 Å². The number of amides is 2. The number of carbonyl (C=O) groups is 2. The molecule has 1 saturated heterocycles.